The van der Waals surface area contributed by atoms with Crippen LogP contribution in [0.15, 0.2) is 24.3 Å². The van der Waals surface area contributed by atoms with E-state index in [-0.39, 0.29) is 0 Å². The van der Waals surface area contributed by atoms with E-state index >= 15 is 0 Å². The molecule has 0 aliphatic carbocycles. The predicted octanol–water partition coefficient (Wildman–Crippen LogP) is 3.05. The van der Waals surface area contributed by atoms with Crippen molar-refractivity contribution < 1.29 is 13.2 Å². The third-order valence-corrected chi connectivity index (χ3v) is 4.21. The quantitative estimate of drug-likeness (QED) is 0.920. The summed E-state index contributed by atoms with van der Waals surface area (Å²) in [6.45, 7) is 3.07. The molecule has 0 amide bonds. The Morgan fingerprint density at radius 3 is 2.39 bits per heavy atom. The van der Waals surface area contributed by atoms with E-state index in [9.17, 15) is 13.2 Å². The molecule has 124 valence electrons. The smallest absolute Gasteiger partial charge is 0.388 e. The highest BCUT2D eigenvalue weighted by Gasteiger charge is 2.34. The molecule has 0 bridgehead atoms. The van der Waals surface area contributed by atoms with Gasteiger partial charge in [0.05, 0.1) is 5.52 Å². The molecule has 1 aliphatic rings. The standard InChI is InChI=1S/C16H19F3N4/c1-20-11-3-4-13-12(9-11)14(10-15(21-13)16(17,18)19)23-7-5-22(2)6-8-23/h3-4,9-10,20H,5-8H2,1-2H3. The zero-order valence-electron chi connectivity index (χ0n) is 13.1. The molecule has 1 aromatic carbocycles. The van der Waals surface area contributed by atoms with Crippen molar-refractivity contribution in [2.75, 3.05) is 50.5 Å². The lowest BCUT2D eigenvalue weighted by atomic mass is 10.1. The summed E-state index contributed by atoms with van der Waals surface area (Å²) in [5.74, 6) is 0. The van der Waals surface area contributed by atoms with E-state index < -0.39 is 11.9 Å². The number of fused-ring (bicyclic) bond motifs is 1. The van der Waals surface area contributed by atoms with Crippen molar-refractivity contribution in [3.8, 4) is 0 Å². The first-order valence-electron chi connectivity index (χ1n) is 7.52. The Kier molecular flexibility index (Phi) is 4.06. The third-order valence-electron chi connectivity index (χ3n) is 4.21. The molecule has 1 aromatic heterocycles. The maximum absolute atomic E-state index is 13.2. The van der Waals surface area contributed by atoms with Crippen molar-refractivity contribution in [1.82, 2.24) is 9.88 Å². The summed E-state index contributed by atoms with van der Waals surface area (Å²) in [4.78, 5) is 7.99. The second-order valence-electron chi connectivity index (χ2n) is 5.80. The average Bonchev–Trinajstić information content (AvgIpc) is 2.53. The van der Waals surface area contributed by atoms with Crippen molar-refractivity contribution >= 4 is 22.3 Å². The molecule has 2 heterocycles. The van der Waals surface area contributed by atoms with Gasteiger partial charge in [-0.05, 0) is 31.3 Å². The molecule has 0 saturated carbocycles. The molecule has 23 heavy (non-hydrogen) atoms. The van der Waals surface area contributed by atoms with Gasteiger partial charge >= 0.3 is 6.18 Å². The number of pyridine rings is 1. The fraction of sp³-hybridized carbons (Fsp3) is 0.438. The normalized spacial score (nSPS) is 16.8. The van der Waals surface area contributed by atoms with E-state index in [4.69, 9.17) is 0 Å². The Labute approximate surface area is 132 Å². The molecular weight excluding hydrogens is 305 g/mol. The SMILES string of the molecule is CNc1ccc2nc(C(F)(F)F)cc(N3CCN(C)CC3)c2c1. The van der Waals surface area contributed by atoms with E-state index in [0.29, 0.717) is 24.3 Å². The second-order valence-corrected chi connectivity index (χ2v) is 5.80. The van der Waals surface area contributed by atoms with Gasteiger partial charge in [-0.15, -0.1) is 0 Å². The van der Waals surface area contributed by atoms with Crippen molar-refractivity contribution in [1.29, 1.82) is 0 Å². The van der Waals surface area contributed by atoms with Gasteiger partial charge in [-0.2, -0.15) is 13.2 Å². The lowest BCUT2D eigenvalue weighted by Gasteiger charge is -2.35. The summed E-state index contributed by atoms with van der Waals surface area (Å²) in [5, 5.41) is 3.77. The van der Waals surface area contributed by atoms with Crippen molar-refractivity contribution in [2.24, 2.45) is 0 Å². The molecule has 0 spiro atoms. The fourth-order valence-corrected chi connectivity index (χ4v) is 2.82. The lowest BCUT2D eigenvalue weighted by molar-refractivity contribution is -0.140. The molecule has 1 fully saturated rings. The highest BCUT2D eigenvalue weighted by Crippen LogP contribution is 2.35. The van der Waals surface area contributed by atoms with Gasteiger partial charge in [-0.3, -0.25) is 0 Å². The number of anilines is 2. The Balaban J connectivity index is 2.14. The first-order valence-corrected chi connectivity index (χ1v) is 7.52. The number of benzene rings is 1. The molecule has 4 nitrogen and oxygen atoms in total. The fourth-order valence-electron chi connectivity index (χ4n) is 2.82. The first-order chi connectivity index (χ1) is 10.9. The van der Waals surface area contributed by atoms with Crippen LogP contribution in [0, 0.1) is 0 Å². The Morgan fingerprint density at radius 1 is 1.09 bits per heavy atom. The van der Waals surface area contributed by atoms with Crippen LogP contribution in [0.25, 0.3) is 10.9 Å². The van der Waals surface area contributed by atoms with Crippen LogP contribution in [0.5, 0.6) is 0 Å². The van der Waals surface area contributed by atoms with Gasteiger partial charge in [0.15, 0.2) is 0 Å². The van der Waals surface area contributed by atoms with E-state index in [1.54, 1.807) is 19.2 Å². The number of nitrogens with one attached hydrogen (secondary N) is 1. The molecule has 1 aliphatic heterocycles. The number of likely N-dealkylation sites (N-methyl/N-ethyl adjacent to an activating group) is 1. The largest absolute Gasteiger partial charge is 0.433 e. The highest BCUT2D eigenvalue weighted by atomic mass is 19.4. The average molecular weight is 324 g/mol. The van der Waals surface area contributed by atoms with Gasteiger partial charge in [0.25, 0.3) is 0 Å². The minimum atomic E-state index is -4.45. The van der Waals surface area contributed by atoms with Crippen molar-refractivity contribution in [3.63, 3.8) is 0 Å². The number of nitrogens with zero attached hydrogens (tertiary/aromatic N) is 3. The van der Waals surface area contributed by atoms with Gasteiger partial charge in [0.1, 0.15) is 5.69 Å². The van der Waals surface area contributed by atoms with Gasteiger partial charge in [-0.25, -0.2) is 4.98 Å². The number of aromatic nitrogens is 1. The van der Waals surface area contributed by atoms with Crippen LogP contribution in [-0.4, -0.2) is 50.2 Å². The summed E-state index contributed by atoms with van der Waals surface area (Å²) < 4.78 is 39.5. The topological polar surface area (TPSA) is 31.4 Å². The van der Waals surface area contributed by atoms with Crippen LogP contribution in [0.4, 0.5) is 24.5 Å². The third kappa shape index (κ3) is 3.19. The zero-order valence-corrected chi connectivity index (χ0v) is 13.1. The Bertz CT molecular complexity index is 706. The number of halogens is 3. The molecule has 0 radical (unpaired) electrons. The summed E-state index contributed by atoms with van der Waals surface area (Å²) in [5.41, 5.74) is 0.992. The van der Waals surface area contributed by atoms with Crippen LogP contribution in [0.3, 0.4) is 0 Å². The van der Waals surface area contributed by atoms with Crippen LogP contribution in [-0.2, 0) is 6.18 Å². The molecule has 1 saturated heterocycles. The summed E-state index contributed by atoms with van der Waals surface area (Å²) in [6.07, 6.45) is -4.45. The summed E-state index contributed by atoms with van der Waals surface area (Å²) >= 11 is 0. The minimum Gasteiger partial charge on any atom is -0.388 e. The van der Waals surface area contributed by atoms with Crippen LogP contribution in [0.2, 0.25) is 0 Å². The van der Waals surface area contributed by atoms with E-state index in [1.807, 2.05) is 18.0 Å². The van der Waals surface area contributed by atoms with Crippen molar-refractivity contribution in [3.05, 3.63) is 30.0 Å². The van der Waals surface area contributed by atoms with E-state index in [2.05, 4.69) is 15.2 Å². The molecule has 2 aromatic rings. The van der Waals surface area contributed by atoms with Crippen LogP contribution < -0.4 is 10.2 Å². The monoisotopic (exact) mass is 324 g/mol. The van der Waals surface area contributed by atoms with Gasteiger partial charge in [0, 0.05) is 50.0 Å². The molecule has 0 atom stereocenters. The number of alkyl halides is 3. The number of hydrogen-bond donors (Lipinski definition) is 1. The number of hydrogen-bond acceptors (Lipinski definition) is 4. The zero-order chi connectivity index (χ0) is 16.6. The molecule has 7 heteroatoms. The maximum atomic E-state index is 13.2. The first kappa shape index (κ1) is 15.9. The maximum Gasteiger partial charge on any atom is 0.433 e. The summed E-state index contributed by atoms with van der Waals surface area (Å²) in [6, 6.07) is 6.41. The van der Waals surface area contributed by atoms with Gasteiger partial charge in [-0.1, -0.05) is 0 Å². The lowest BCUT2D eigenvalue weighted by Crippen LogP contribution is -2.44. The Morgan fingerprint density at radius 2 is 1.78 bits per heavy atom. The number of rotatable bonds is 2. The molecule has 0 unspecified atom stereocenters. The van der Waals surface area contributed by atoms with Gasteiger partial charge in [0.2, 0.25) is 0 Å². The predicted molar refractivity (Wildman–Crippen MR) is 86.0 cm³/mol. The molecule has 3 rings (SSSR count). The van der Waals surface area contributed by atoms with Crippen LogP contribution >= 0.6 is 0 Å². The van der Waals surface area contributed by atoms with Crippen molar-refractivity contribution in [2.45, 2.75) is 6.18 Å². The summed E-state index contributed by atoms with van der Waals surface area (Å²) in [7, 11) is 3.80. The van der Waals surface area contributed by atoms with E-state index in [1.165, 1.54) is 6.07 Å². The minimum absolute atomic E-state index is 0.368. The van der Waals surface area contributed by atoms with Crippen LogP contribution in [0.1, 0.15) is 5.69 Å². The van der Waals surface area contributed by atoms with Gasteiger partial charge < -0.3 is 15.1 Å². The molecular formula is C16H19F3N4. The van der Waals surface area contributed by atoms with E-state index in [0.717, 1.165) is 24.2 Å². The Hall–Kier alpha value is -2.02. The highest BCUT2D eigenvalue weighted by molar-refractivity contribution is 5.94. The molecule has 1 N–H and O–H groups in total. The number of piperazine rings is 1. The second kappa shape index (κ2) is 5.88.